The van der Waals surface area contributed by atoms with Crippen molar-refractivity contribution < 1.29 is 14.4 Å². The van der Waals surface area contributed by atoms with Crippen LogP contribution in [0.4, 0.5) is 0 Å². The Morgan fingerprint density at radius 1 is 1.11 bits per heavy atom. The Morgan fingerprint density at radius 2 is 1.74 bits per heavy atom. The van der Waals surface area contributed by atoms with E-state index in [1.54, 1.807) is 0 Å². The molecule has 0 atom stereocenters. The van der Waals surface area contributed by atoms with Crippen LogP contribution in [0.25, 0.3) is 0 Å². The molecule has 100 valence electrons. The molecule has 1 aromatic carbocycles. The van der Waals surface area contributed by atoms with E-state index in [2.05, 4.69) is 5.43 Å². The number of piperidine rings is 1. The lowest BCUT2D eigenvalue weighted by Gasteiger charge is -2.24. The predicted molar refractivity (Wildman–Crippen MR) is 69.6 cm³/mol. The SMILES string of the molecule is O=C(NN1C(=O)CCCC1=O)c1ccc(Cl)c(Cl)c1. The quantitative estimate of drug-likeness (QED) is 0.851. The van der Waals surface area contributed by atoms with Gasteiger partial charge in [-0.3, -0.25) is 19.8 Å². The van der Waals surface area contributed by atoms with Crippen molar-refractivity contribution >= 4 is 40.9 Å². The summed E-state index contributed by atoms with van der Waals surface area (Å²) in [6.45, 7) is 0. The van der Waals surface area contributed by atoms with Crippen LogP contribution < -0.4 is 5.43 Å². The number of hydrogen-bond donors (Lipinski definition) is 1. The summed E-state index contributed by atoms with van der Waals surface area (Å²) in [5, 5.41) is 1.31. The number of nitrogens with one attached hydrogen (secondary N) is 1. The number of nitrogens with zero attached hydrogens (tertiary/aromatic N) is 1. The molecule has 1 aliphatic rings. The standard InChI is InChI=1S/C12H10Cl2N2O3/c13-8-5-4-7(6-9(8)14)12(19)15-16-10(17)2-1-3-11(16)18/h4-6H,1-3H2,(H,15,19). The number of amides is 3. The number of benzene rings is 1. The molecule has 1 aromatic rings. The topological polar surface area (TPSA) is 66.5 Å². The number of halogens is 2. The summed E-state index contributed by atoms with van der Waals surface area (Å²) in [6, 6.07) is 4.30. The summed E-state index contributed by atoms with van der Waals surface area (Å²) >= 11 is 11.5. The van der Waals surface area contributed by atoms with Gasteiger partial charge in [0, 0.05) is 18.4 Å². The number of carbonyl (C=O) groups excluding carboxylic acids is 3. The first-order chi connectivity index (χ1) is 8.99. The molecule has 1 fully saturated rings. The fraction of sp³-hybridized carbons (Fsp3) is 0.250. The molecule has 19 heavy (non-hydrogen) atoms. The van der Waals surface area contributed by atoms with Gasteiger partial charge in [0.1, 0.15) is 0 Å². The highest BCUT2D eigenvalue weighted by molar-refractivity contribution is 6.42. The van der Waals surface area contributed by atoms with E-state index >= 15 is 0 Å². The minimum absolute atomic E-state index is 0.223. The molecule has 7 heteroatoms. The number of hydrazine groups is 1. The Morgan fingerprint density at radius 3 is 2.32 bits per heavy atom. The Hall–Kier alpha value is -1.59. The van der Waals surface area contributed by atoms with Gasteiger partial charge in [0.15, 0.2) is 0 Å². The summed E-state index contributed by atoms with van der Waals surface area (Å²) in [7, 11) is 0. The van der Waals surface area contributed by atoms with Crippen molar-refractivity contribution in [2.75, 3.05) is 0 Å². The largest absolute Gasteiger partial charge is 0.273 e. The molecular formula is C12H10Cl2N2O3. The molecule has 0 radical (unpaired) electrons. The summed E-state index contributed by atoms with van der Waals surface area (Å²) < 4.78 is 0. The first-order valence-electron chi connectivity index (χ1n) is 5.61. The van der Waals surface area contributed by atoms with Crippen LogP contribution in [0.15, 0.2) is 18.2 Å². The zero-order chi connectivity index (χ0) is 14.0. The lowest BCUT2D eigenvalue weighted by atomic mass is 10.1. The zero-order valence-electron chi connectivity index (χ0n) is 9.78. The van der Waals surface area contributed by atoms with E-state index in [0.717, 1.165) is 5.01 Å². The zero-order valence-corrected chi connectivity index (χ0v) is 11.3. The van der Waals surface area contributed by atoms with Crippen LogP contribution in [0.5, 0.6) is 0 Å². The van der Waals surface area contributed by atoms with Gasteiger partial charge in [0.25, 0.3) is 5.91 Å². The van der Waals surface area contributed by atoms with Crippen molar-refractivity contribution in [3.05, 3.63) is 33.8 Å². The van der Waals surface area contributed by atoms with Gasteiger partial charge >= 0.3 is 0 Å². The second-order valence-corrected chi connectivity index (χ2v) is 4.86. The van der Waals surface area contributed by atoms with Crippen LogP contribution in [-0.4, -0.2) is 22.7 Å². The maximum atomic E-state index is 11.9. The van der Waals surface area contributed by atoms with Crippen LogP contribution in [0.1, 0.15) is 29.6 Å². The molecule has 1 N–H and O–H groups in total. The Balaban J connectivity index is 2.14. The Bertz CT molecular complexity index is 544. The van der Waals surface area contributed by atoms with E-state index in [9.17, 15) is 14.4 Å². The average Bonchev–Trinajstić information content (AvgIpc) is 2.37. The minimum atomic E-state index is -0.581. The van der Waals surface area contributed by atoms with Gasteiger partial charge in [-0.1, -0.05) is 23.2 Å². The van der Waals surface area contributed by atoms with Gasteiger partial charge in [-0.05, 0) is 24.6 Å². The molecule has 0 aromatic heterocycles. The average molecular weight is 301 g/mol. The van der Waals surface area contributed by atoms with E-state index in [4.69, 9.17) is 23.2 Å². The molecular weight excluding hydrogens is 291 g/mol. The second kappa shape index (κ2) is 5.59. The monoisotopic (exact) mass is 300 g/mol. The fourth-order valence-corrected chi connectivity index (χ4v) is 1.98. The second-order valence-electron chi connectivity index (χ2n) is 4.05. The lowest BCUT2D eigenvalue weighted by molar-refractivity contribution is -0.150. The van der Waals surface area contributed by atoms with Gasteiger partial charge in [-0.25, -0.2) is 0 Å². The van der Waals surface area contributed by atoms with Crippen LogP contribution >= 0.6 is 23.2 Å². The molecule has 1 saturated heterocycles. The van der Waals surface area contributed by atoms with Crippen LogP contribution in [0.3, 0.4) is 0 Å². The third kappa shape index (κ3) is 3.05. The first kappa shape index (κ1) is 13.8. The summed E-state index contributed by atoms with van der Waals surface area (Å²) in [6.07, 6.45) is 0.998. The highest BCUT2D eigenvalue weighted by Gasteiger charge is 2.27. The molecule has 3 amide bonds. The Kier molecular flexibility index (Phi) is 4.07. The molecule has 1 aliphatic heterocycles. The lowest BCUT2D eigenvalue weighted by Crippen LogP contribution is -2.51. The smallest absolute Gasteiger partial charge is 0.270 e. The van der Waals surface area contributed by atoms with Gasteiger partial charge in [0.05, 0.1) is 10.0 Å². The highest BCUT2D eigenvalue weighted by atomic mass is 35.5. The van der Waals surface area contributed by atoms with Gasteiger partial charge in [-0.2, -0.15) is 5.01 Å². The Labute approximate surface area is 119 Å². The summed E-state index contributed by atoms with van der Waals surface area (Å²) in [5.74, 6) is -1.41. The number of carbonyl (C=O) groups is 3. The minimum Gasteiger partial charge on any atom is -0.273 e. The van der Waals surface area contributed by atoms with E-state index in [1.807, 2.05) is 0 Å². The van der Waals surface area contributed by atoms with Crippen LogP contribution in [0.2, 0.25) is 10.0 Å². The highest BCUT2D eigenvalue weighted by Crippen LogP contribution is 2.22. The molecule has 0 unspecified atom stereocenters. The molecule has 2 rings (SSSR count). The third-order valence-corrected chi connectivity index (χ3v) is 3.41. The fourth-order valence-electron chi connectivity index (χ4n) is 1.68. The van der Waals surface area contributed by atoms with Crippen LogP contribution in [0, 0.1) is 0 Å². The number of rotatable bonds is 2. The van der Waals surface area contributed by atoms with Crippen LogP contribution in [-0.2, 0) is 9.59 Å². The van der Waals surface area contributed by atoms with E-state index < -0.39 is 17.7 Å². The first-order valence-corrected chi connectivity index (χ1v) is 6.36. The maximum absolute atomic E-state index is 11.9. The molecule has 0 saturated carbocycles. The van der Waals surface area contributed by atoms with Gasteiger partial charge < -0.3 is 0 Å². The van der Waals surface area contributed by atoms with E-state index in [0.29, 0.717) is 11.4 Å². The molecule has 0 aliphatic carbocycles. The van der Waals surface area contributed by atoms with Gasteiger partial charge in [-0.15, -0.1) is 0 Å². The van der Waals surface area contributed by atoms with Crippen molar-refractivity contribution in [3.63, 3.8) is 0 Å². The molecule has 0 spiro atoms. The molecule has 5 nitrogen and oxygen atoms in total. The number of imide groups is 1. The van der Waals surface area contributed by atoms with Crippen molar-refractivity contribution in [2.24, 2.45) is 0 Å². The predicted octanol–water partition coefficient (Wildman–Crippen LogP) is 2.18. The molecule has 0 bridgehead atoms. The van der Waals surface area contributed by atoms with Crippen molar-refractivity contribution in [1.82, 2.24) is 10.4 Å². The maximum Gasteiger partial charge on any atom is 0.270 e. The van der Waals surface area contributed by atoms with E-state index in [-0.39, 0.29) is 23.4 Å². The summed E-state index contributed by atoms with van der Waals surface area (Å²) in [4.78, 5) is 35.0. The van der Waals surface area contributed by atoms with Gasteiger partial charge in [0.2, 0.25) is 11.8 Å². The van der Waals surface area contributed by atoms with Crippen molar-refractivity contribution in [2.45, 2.75) is 19.3 Å². The third-order valence-electron chi connectivity index (χ3n) is 2.68. The summed E-state index contributed by atoms with van der Waals surface area (Å²) in [5.41, 5.74) is 2.50. The van der Waals surface area contributed by atoms with Crippen molar-refractivity contribution in [3.8, 4) is 0 Å². The number of hydrogen-bond acceptors (Lipinski definition) is 3. The van der Waals surface area contributed by atoms with E-state index in [1.165, 1.54) is 18.2 Å². The normalized spacial score (nSPS) is 15.6. The van der Waals surface area contributed by atoms with Crippen molar-refractivity contribution in [1.29, 1.82) is 0 Å². The molecule has 1 heterocycles.